The molecule has 1 aliphatic heterocycles. The Balaban J connectivity index is 1.60. The molecule has 6 nitrogen and oxygen atoms in total. The standard InChI is InChI=1S/C15H19N5O/c1-20-10-18-19-14(20)6-7-17-15(21)13-9-16-8-11-4-2-3-5-12(11)13/h2-5,10,13,16H,6-9H2,1H3,(H,17,21). The third kappa shape index (κ3) is 2.95. The highest BCUT2D eigenvalue weighted by atomic mass is 16.1. The fraction of sp³-hybridized carbons (Fsp3) is 0.400. The molecule has 0 aliphatic carbocycles. The third-order valence-electron chi connectivity index (χ3n) is 3.86. The van der Waals surface area contributed by atoms with E-state index in [1.54, 1.807) is 6.33 Å². The van der Waals surface area contributed by atoms with E-state index in [0.717, 1.165) is 17.9 Å². The summed E-state index contributed by atoms with van der Waals surface area (Å²) in [6.45, 7) is 2.09. The molecule has 1 unspecified atom stereocenters. The maximum absolute atomic E-state index is 12.4. The van der Waals surface area contributed by atoms with E-state index in [1.807, 2.05) is 29.8 Å². The zero-order valence-corrected chi connectivity index (χ0v) is 12.0. The van der Waals surface area contributed by atoms with E-state index in [9.17, 15) is 4.79 Å². The van der Waals surface area contributed by atoms with Crippen molar-refractivity contribution in [2.75, 3.05) is 13.1 Å². The van der Waals surface area contributed by atoms with E-state index in [1.165, 1.54) is 5.56 Å². The average molecular weight is 285 g/mol. The van der Waals surface area contributed by atoms with Gasteiger partial charge in [0.25, 0.3) is 0 Å². The fourth-order valence-electron chi connectivity index (χ4n) is 2.68. The first-order valence-electron chi connectivity index (χ1n) is 7.15. The second-order valence-electron chi connectivity index (χ2n) is 5.28. The number of hydrogen-bond donors (Lipinski definition) is 2. The van der Waals surface area contributed by atoms with Crippen LogP contribution in [0.25, 0.3) is 0 Å². The molecular weight excluding hydrogens is 266 g/mol. The Morgan fingerprint density at radius 2 is 2.33 bits per heavy atom. The van der Waals surface area contributed by atoms with Gasteiger partial charge in [-0.25, -0.2) is 0 Å². The van der Waals surface area contributed by atoms with Crippen molar-refractivity contribution in [1.82, 2.24) is 25.4 Å². The van der Waals surface area contributed by atoms with Crippen LogP contribution in [0.4, 0.5) is 0 Å². The fourth-order valence-corrected chi connectivity index (χ4v) is 2.68. The normalized spacial score (nSPS) is 17.3. The van der Waals surface area contributed by atoms with E-state index in [0.29, 0.717) is 19.5 Å². The van der Waals surface area contributed by atoms with Gasteiger partial charge in [0.2, 0.25) is 5.91 Å². The van der Waals surface area contributed by atoms with E-state index >= 15 is 0 Å². The lowest BCUT2D eigenvalue weighted by Crippen LogP contribution is -2.39. The van der Waals surface area contributed by atoms with Gasteiger partial charge in [-0.1, -0.05) is 24.3 Å². The van der Waals surface area contributed by atoms with Crippen LogP contribution < -0.4 is 10.6 Å². The summed E-state index contributed by atoms with van der Waals surface area (Å²) in [6, 6.07) is 8.11. The number of fused-ring (bicyclic) bond motifs is 1. The highest BCUT2D eigenvalue weighted by Gasteiger charge is 2.25. The summed E-state index contributed by atoms with van der Waals surface area (Å²) in [5, 5.41) is 14.1. The Bertz CT molecular complexity index is 636. The van der Waals surface area contributed by atoms with Gasteiger partial charge < -0.3 is 15.2 Å². The van der Waals surface area contributed by atoms with Crippen LogP contribution in [0.15, 0.2) is 30.6 Å². The molecule has 2 N–H and O–H groups in total. The van der Waals surface area contributed by atoms with Crippen LogP contribution in [0.3, 0.4) is 0 Å². The molecule has 0 spiro atoms. The smallest absolute Gasteiger partial charge is 0.228 e. The van der Waals surface area contributed by atoms with Crippen molar-refractivity contribution >= 4 is 5.91 Å². The molecule has 6 heteroatoms. The molecule has 2 heterocycles. The average Bonchev–Trinajstić information content (AvgIpc) is 2.92. The number of carbonyl (C=O) groups is 1. The van der Waals surface area contributed by atoms with Crippen molar-refractivity contribution in [3.8, 4) is 0 Å². The third-order valence-corrected chi connectivity index (χ3v) is 3.86. The lowest BCUT2D eigenvalue weighted by molar-refractivity contribution is -0.122. The largest absolute Gasteiger partial charge is 0.355 e. The Kier molecular flexibility index (Phi) is 3.96. The monoisotopic (exact) mass is 285 g/mol. The minimum absolute atomic E-state index is 0.0665. The molecule has 0 fully saturated rings. The van der Waals surface area contributed by atoms with Crippen LogP contribution in [0.5, 0.6) is 0 Å². The number of nitrogens with one attached hydrogen (secondary N) is 2. The predicted octanol–water partition coefficient (Wildman–Crippen LogP) is 0.361. The summed E-state index contributed by atoms with van der Waals surface area (Å²) < 4.78 is 1.86. The topological polar surface area (TPSA) is 71.8 Å². The molecule has 0 bridgehead atoms. The summed E-state index contributed by atoms with van der Waals surface area (Å²) in [5.41, 5.74) is 2.34. The summed E-state index contributed by atoms with van der Waals surface area (Å²) in [4.78, 5) is 12.4. The molecule has 1 atom stereocenters. The minimum atomic E-state index is -0.116. The molecule has 110 valence electrons. The number of aryl methyl sites for hydroxylation is 1. The number of carbonyl (C=O) groups excluding carboxylic acids is 1. The first kappa shape index (κ1) is 13.8. The van der Waals surface area contributed by atoms with Gasteiger partial charge in [0, 0.05) is 33.1 Å². The number of benzene rings is 1. The molecule has 1 aromatic heterocycles. The zero-order chi connectivity index (χ0) is 14.7. The van der Waals surface area contributed by atoms with Crippen molar-refractivity contribution in [3.63, 3.8) is 0 Å². The van der Waals surface area contributed by atoms with Gasteiger partial charge in [-0.15, -0.1) is 10.2 Å². The van der Waals surface area contributed by atoms with Gasteiger partial charge >= 0.3 is 0 Å². The van der Waals surface area contributed by atoms with Crippen molar-refractivity contribution in [3.05, 3.63) is 47.5 Å². The Morgan fingerprint density at radius 1 is 1.48 bits per heavy atom. The number of nitrogens with zero attached hydrogens (tertiary/aromatic N) is 3. The highest BCUT2D eigenvalue weighted by molar-refractivity contribution is 5.84. The maximum Gasteiger partial charge on any atom is 0.228 e. The van der Waals surface area contributed by atoms with Crippen molar-refractivity contribution in [2.45, 2.75) is 18.9 Å². The number of aromatic nitrogens is 3. The number of rotatable bonds is 4. The summed E-state index contributed by atoms with van der Waals surface area (Å²) in [5.74, 6) is 0.823. The van der Waals surface area contributed by atoms with Gasteiger partial charge in [0.15, 0.2) is 0 Å². The van der Waals surface area contributed by atoms with Gasteiger partial charge in [-0.2, -0.15) is 0 Å². The molecular formula is C15H19N5O. The molecule has 0 radical (unpaired) electrons. The van der Waals surface area contributed by atoms with E-state index in [4.69, 9.17) is 0 Å². The molecule has 2 aromatic rings. The SMILES string of the molecule is Cn1cnnc1CCNC(=O)C1CNCc2ccccc21. The Labute approximate surface area is 123 Å². The molecule has 1 amide bonds. The lowest BCUT2D eigenvalue weighted by atomic mass is 9.90. The Morgan fingerprint density at radius 3 is 3.14 bits per heavy atom. The van der Waals surface area contributed by atoms with Crippen LogP contribution in [0.1, 0.15) is 22.9 Å². The van der Waals surface area contributed by atoms with Crippen molar-refractivity contribution < 1.29 is 4.79 Å². The van der Waals surface area contributed by atoms with Crippen molar-refractivity contribution in [1.29, 1.82) is 0 Å². The number of amides is 1. The van der Waals surface area contributed by atoms with Crippen molar-refractivity contribution in [2.24, 2.45) is 7.05 Å². The predicted molar refractivity (Wildman–Crippen MR) is 78.6 cm³/mol. The molecule has 21 heavy (non-hydrogen) atoms. The van der Waals surface area contributed by atoms with Crippen LogP contribution in [-0.4, -0.2) is 33.8 Å². The first-order chi connectivity index (χ1) is 10.3. The van der Waals surface area contributed by atoms with Gasteiger partial charge in [0.1, 0.15) is 12.2 Å². The van der Waals surface area contributed by atoms with Gasteiger partial charge in [-0.05, 0) is 11.1 Å². The zero-order valence-electron chi connectivity index (χ0n) is 12.0. The summed E-state index contributed by atoms with van der Waals surface area (Å²) >= 11 is 0. The maximum atomic E-state index is 12.4. The van der Waals surface area contributed by atoms with E-state index < -0.39 is 0 Å². The summed E-state index contributed by atoms with van der Waals surface area (Å²) in [6.07, 6.45) is 2.35. The van der Waals surface area contributed by atoms with Gasteiger partial charge in [-0.3, -0.25) is 4.79 Å². The van der Waals surface area contributed by atoms with E-state index in [2.05, 4.69) is 26.9 Å². The quantitative estimate of drug-likeness (QED) is 0.851. The highest BCUT2D eigenvalue weighted by Crippen LogP contribution is 2.23. The lowest BCUT2D eigenvalue weighted by Gasteiger charge is -2.25. The molecule has 0 saturated heterocycles. The summed E-state index contributed by atoms with van der Waals surface area (Å²) in [7, 11) is 1.90. The minimum Gasteiger partial charge on any atom is -0.355 e. The van der Waals surface area contributed by atoms with Crippen LogP contribution in [0, 0.1) is 0 Å². The molecule has 1 aliphatic rings. The Hall–Kier alpha value is -2.21. The molecule has 0 saturated carbocycles. The van der Waals surface area contributed by atoms with Gasteiger partial charge in [0.05, 0.1) is 5.92 Å². The molecule has 3 rings (SSSR count). The van der Waals surface area contributed by atoms with Crippen LogP contribution in [-0.2, 0) is 24.8 Å². The van der Waals surface area contributed by atoms with E-state index in [-0.39, 0.29) is 11.8 Å². The second kappa shape index (κ2) is 6.05. The molecule has 1 aromatic carbocycles. The first-order valence-corrected chi connectivity index (χ1v) is 7.15. The second-order valence-corrected chi connectivity index (χ2v) is 5.28. The number of hydrogen-bond acceptors (Lipinski definition) is 4. The van der Waals surface area contributed by atoms with Crippen LogP contribution >= 0.6 is 0 Å². The van der Waals surface area contributed by atoms with Crippen LogP contribution in [0.2, 0.25) is 0 Å².